The molecule has 138 valence electrons. The second-order valence-corrected chi connectivity index (χ2v) is 5.93. The summed E-state index contributed by atoms with van der Waals surface area (Å²) < 4.78 is 5.08. The monoisotopic (exact) mass is 367 g/mol. The van der Waals surface area contributed by atoms with Crippen LogP contribution in [0.3, 0.4) is 0 Å². The highest BCUT2D eigenvalue weighted by atomic mass is 16.5. The molecule has 1 amide bonds. The van der Waals surface area contributed by atoms with Crippen LogP contribution in [-0.4, -0.2) is 34.1 Å². The SMILES string of the molecule is COc1ccc2nc(C(=O)NCc3ccc(C(=O)O)c(C)c3)[nH]c(=O)c2c1. The fraction of sp³-hybridized carbons (Fsp3) is 0.158. The molecule has 0 aliphatic heterocycles. The first-order chi connectivity index (χ1) is 12.9. The van der Waals surface area contributed by atoms with Gasteiger partial charge in [-0.3, -0.25) is 9.59 Å². The number of aromatic nitrogens is 2. The minimum atomic E-state index is -1.00. The van der Waals surface area contributed by atoms with Crippen LogP contribution in [0.1, 0.15) is 32.1 Å². The van der Waals surface area contributed by atoms with E-state index >= 15 is 0 Å². The number of hydrogen-bond acceptors (Lipinski definition) is 5. The van der Waals surface area contributed by atoms with Gasteiger partial charge in [-0.15, -0.1) is 0 Å². The number of aromatic amines is 1. The van der Waals surface area contributed by atoms with Crippen LogP contribution in [-0.2, 0) is 6.54 Å². The predicted molar refractivity (Wildman–Crippen MR) is 98.2 cm³/mol. The molecule has 0 unspecified atom stereocenters. The van der Waals surface area contributed by atoms with Gasteiger partial charge in [-0.1, -0.05) is 12.1 Å². The van der Waals surface area contributed by atoms with Gasteiger partial charge in [-0.25, -0.2) is 9.78 Å². The minimum Gasteiger partial charge on any atom is -0.497 e. The number of benzene rings is 2. The average molecular weight is 367 g/mol. The first-order valence-electron chi connectivity index (χ1n) is 8.08. The van der Waals surface area contributed by atoms with Crippen molar-refractivity contribution in [3.63, 3.8) is 0 Å². The molecule has 0 atom stereocenters. The van der Waals surface area contributed by atoms with Gasteiger partial charge in [0, 0.05) is 6.54 Å². The number of nitrogens with zero attached hydrogens (tertiary/aromatic N) is 1. The Hall–Kier alpha value is -3.68. The van der Waals surface area contributed by atoms with Crippen LogP contribution in [0.15, 0.2) is 41.2 Å². The fourth-order valence-electron chi connectivity index (χ4n) is 2.69. The lowest BCUT2D eigenvalue weighted by molar-refractivity contribution is 0.0695. The normalized spacial score (nSPS) is 10.6. The number of H-pyrrole nitrogens is 1. The number of amides is 1. The molecule has 8 heteroatoms. The largest absolute Gasteiger partial charge is 0.497 e. The first kappa shape index (κ1) is 18.1. The standard InChI is InChI=1S/C19H17N3O5/c1-10-7-11(3-5-13(10)19(25)26)9-20-18(24)16-21-15-6-4-12(27-2)8-14(15)17(23)22-16/h3-8H,9H2,1-2H3,(H,20,24)(H,25,26)(H,21,22,23). The van der Waals surface area contributed by atoms with Crippen molar-refractivity contribution < 1.29 is 19.4 Å². The van der Waals surface area contributed by atoms with Gasteiger partial charge in [-0.05, 0) is 42.3 Å². The fourth-order valence-corrected chi connectivity index (χ4v) is 2.69. The zero-order valence-electron chi connectivity index (χ0n) is 14.7. The molecule has 0 spiro atoms. The Balaban J connectivity index is 1.79. The lowest BCUT2D eigenvalue weighted by atomic mass is 10.1. The van der Waals surface area contributed by atoms with Crippen LogP contribution in [0.2, 0.25) is 0 Å². The highest BCUT2D eigenvalue weighted by molar-refractivity contribution is 5.93. The summed E-state index contributed by atoms with van der Waals surface area (Å²) in [5, 5.41) is 12.0. The number of methoxy groups -OCH3 is 1. The molecule has 0 fully saturated rings. The van der Waals surface area contributed by atoms with E-state index in [2.05, 4.69) is 15.3 Å². The molecule has 1 heterocycles. The topological polar surface area (TPSA) is 121 Å². The molecule has 2 aromatic carbocycles. The number of carboxylic acid groups (broad SMARTS) is 1. The van der Waals surface area contributed by atoms with Crippen molar-refractivity contribution in [1.29, 1.82) is 0 Å². The zero-order chi connectivity index (χ0) is 19.6. The number of nitrogens with one attached hydrogen (secondary N) is 2. The number of carbonyl (C=O) groups excluding carboxylic acids is 1. The number of aryl methyl sites for hydroxylation is 1. The Morgan fingerprint density at radius 1 is 1.22 bits per heavy atom. The molecule has 0 aliphatic rings. The summed E-state index contributed by atoms with van der Waals surface area (Å²) in [7, 11) is 1.50. The van der Waals surface area contributed by atoms with E-state index in [4.69, 9.17) is 9.84 Å². The van der Waals surface area contributed by atoms with Gasteiger partial charge < -0.3 is 20.1 Å². The number of carboxylic acids is 1. The van der Waals surface area contributed by atoms with E-state index in [0.717, 1.165) is 5.56 Å². The molecular formula is C19H17N3O5. The van der Waals surface area contributed by atoms with E-state index in [0.29, 0.717) is 22.2 Å². The molecule has 0 aliphatic carbocycles. The molecule has 0 saturated heterocycles. The number of ether oxygens (including phenoxy) is 1. The van der Waals surface area contributed by atoms with Crippen molar-refractivity contribution in [1.82, 2.24) is 15.3 Å². The van der Waals surface area contributed by atoms with Gasteiger partial charge in [0.25, 0.3) is 11.5 Å². The van der Waals surface area contributed by atoms with Crippen molar-refractivity contribution >= 4 is 22.8 Å². The van der Waals surface area contributed by atoms with Crippen LogP contribution >= 0.6 is 0 Å². The van der Waals surface area contributed by atoms with Gasteiger partial charge in [0.2, 0.25) is 0 Å². The lowest BCUT2D eigenvalue weighted by Crippen LogP contribution is -2.27. The third-order valence-corrected chi connectivity index (χ3v) is 4.10. The minimum absolute atomic E-state index is 0.100. The van der Waals surface area contributed by atoms with Crippen molar-refractivity contribution in [3.8, 4) is 5.75 Å². The van der Waals surface area contributed by atoms with E-state index in [-0.39, 0.29) is 17.9 Å². The summed E-state index contributed by atoms with van der Waals surface area (Å²) in [6, 6.07) is 9.61. The van der Waals surface area contributed by atoms with Gasteiger partial charge in [-0.2, -0.15) is 0 Å². The van der Waals surface area contributed by atoms with Crippen LogP contribution in [0, 0.1) is 6.92 Å². The van der Waals surface area contributed by atoms with Gasteiger partial charge in [0.15, 0.2) is 5.82 Å². The van der Waals surface area contributed by atoms with E-state index in [1.807, 2.05) is 0 Å². The molecule has 8 nitrogen and oxygen atoms in total. The van der Waals surface area contributed by atoms with Crippen LogP contribution < -0.4 is 15.6 Å². The maximum atomic E-state index is 12.3. The first-order valence-corrected chi connectivity index (χ1v) is 8.08. The predicted octanol–water partition coefficient (Wildman–Crippen LogP) is 1.87. The maximum absolute atomic E-state index is 12.3. The number of aromatic carboxylic acids is 1. The molecule has 0 saturated carbocycles. The quantitative estimate of drug-likeness (QED) is 0.633. The zero-order valence-corrected chi connectivity index (χ0v) is 14.7. The number of hydrogen-bond donors (Lipinski definition) is 3. The summed E-state index contributed by atoms with van der Waals surface area (Å²) >= 11 is 0. The van der Waals surface area contributed by atoms with Crippen molar-refractivity contribution in [2.24, 2.45) is 0 Å². The Bertz CT molecular complexity index is 1100. The molecule has 27 heavy (non-hydrogen) atoms. The summed E-state index contributed by atoms with van der Waals surface area (Å²) in [5.74, 6) is -1.12. The third-order valence-electron chi connectivity index (χ3n) is 4.10. The van der Waals surface area contributed by atoms with E-state index in [9.17, 15) is 14.4 Å². The van der Waals surface area contributed by atoms with E-state index < -0.39 is 17.4 Å². The Kier molecular flexibility index (Phi) is 4.89. The van der Waals surface area contributed by atoms with Crippen LogP contribution in [0.25, 0.3) is 10.9 Å². The summed E-state index contributed by atoms with van der Waals surface area (Å²) in [6.45, 7) is 1.86. The smallest absolute Gasteiger partial charge is 0.335 e. The second kappa shape index (κ2) is 7.28. The Morgan fingerprint density at radius 2 is 2.00 bits per heavy atom. The summed E-state index contributed by atoms with van der Waals surface area (Å²) in [6.07, 6.45) is 0. The molecule has 1 aromatic heterocycles. The summed E-state index contributed by atoms with van der Waals surface area (Å²) in [5.41, 5.74) is 1.48. The summed E-state index contributed by atoms with van der Waals surface area (Å²) in [4.78, 5) is 42.2. The molecule has 0 radical (unpaired) electrons. The average Bonchev–Trinajstić information content (AvgIpc) is 2.65. The van der Waals surface area contributed by atoms with Gasteiger partial charge >= 0.3 is 5.97 Å². The lowest BCUT2D eigenvalue weighted by Gasteiger charge is -2.08. The second-order valence-electron chi connectivity index (χ2n) is 5.93. The van der Waals surface area contributed by atoms with E-state index in [1.54, 1.807) is 37.3 Å². The molecule has 0 bridgehead atoms. The number of carbonyl (C=O) groups is 2. The molecule has 3 N–H and O–H groups in total. The Labute approximate surface area is 153 Å². The van der Waals surface area contributed by atoms with Crippen molar-refractivity contribution in [2.75, 3.05) is 7.11 Å². The Morgan fingerprint density at radius 3 is 2.67 bits per heavy atom. The molecule has 3 aromatic rings. The van der Waals surface area contributed by atoms with Crippen molar-refractivity contribution in [2.45, 2.75) is 13.5 Å². The highest BCUT2D eigenvalue weighted by Gasteiger charge is 2.13. The van der Waals surface area contributed by atoms with Gasteiger partial charge in [0.05, 0.1) is 23.6 Å². The highest BCUT2D eigenvalue weighted by Crippen LogP contribution is 2.16. The molecule has 3 rings (SSSR count). The van der Waals surface area contributed by atoms with E-state index in [1.165, 1.54) is 13.2 Å². The van der Waals surface area contributed by atoms with Crippen molar-refractivity contribution in [3.05, 3.63) is 69.3 Å². The third kappa shape index (κ3) is 3.79. The maximum Gasteiger partial charge on any atom is 0.335 e. The molecular weight excluding hydrogens is 350 g/mol. The number of rotatable bonds is 5. The number of fused-ring (bicyclic) bond motifs is 1. The van der Waals surface area contributed by atoms with Crippen LogP contribution in [0.5, 0.6) is 5.75 Å². The van der Waals surface area contributed by atoms with Crippen LogP contribution in [0.4, 0.5) is 0 Å². The van der Waals surface area contributed by atoms with Gasteiger partial charge in [0.1, 0.15) is 5.75 Å².